The monoisotopic (exact) mass is 377 g/mol. The highest BCUT2D eigenvalue weighted by atomic mass is 35.5. The Labute approximate surface area is 158 Å². The zero-order chi connectivity index (χ0) is 18.7. The Morgan fingerprint density at radius 1 is 1.50 bits per heavy atom. The first kappa shape index (κ1) is 18.7. The number of halogens is 1. The lowest BCUT2D eigenvalue weighted by molar-refractivity contribution is 0.0332. The molecule has 7 heteroatoms. The second kappa shape index (κ2) is 7.68. The first-order valence-corrected chi connectivity index (χ1v) is 9.21. The summed E-state index contributed by atoms with van der Waals surface area (Å²) in [6.45, 7) is 8.28. The van der Waals surface area contributed by atoms with Gasteiger partial charge in [0, 0.05) is 42.2 Å². The topological polar surface area (TPSA) is 67.6 Å². The third-order valence-electron chi connectivity index (χ3n) is 5.11. The van der Waals surface area contributed by atoms with Crippen molar-refractivity contribution >= 4 is 17.7 Å². The maximum Gasteiger partial charge on any atom is 0.410 e. The van der Waals surface area contributed by atoms with Crippen molar-refractivity contribution in [2.24, 2.45) is 0 Å². The summed E-state index contributed by atoms with van der Waals surface area (Å²) < 4.78 is 10.8. The van der Waals surface area contributed by atoms with Gasteiger partial charge < -0.3 is 14.6 Å². The normalized spacial score (nSPS) is 21.5. The Kier molecular flexibility index (Phi) is 5.53. The Bertz CT molecular complexity index is 779. The van der Waals surface area contributed by atoms with Crippen LogP contribution in [-0.2, 0) is 4.74 Å². The molecule has 0 bridgehead atoms. The number of rotatable bonds is 4. The molecule has 1 amide bonds. The third kappa shape index (κ3) is 3.57. The van der Waals surface area contributed by atoms with Gasteiger partial charge in [-0.2, -0.15) is 0 Å². The predicted octanol–water partition coefficient (Wildman–Crippen LogP) is 3.92. The van der Waals surface area contributed by atoms with Gasteiger partial charge in [-0.25, -0.2) is 4.79 Å². The molecule has 3 rings (SSSR count). The molecule has 2 atom stereocenters. The molecule has 2 heterocycles. The maximum absolute atomic E-state index is 12.4. The van der Waals surface area contributed by atoms with Gasteiger partial charge in [0.05, 0.1) is 17.8 Å². The summed E-state index contributed by atoms with van der Waals surface area (Å²) in [6.07, 6.45) is -0.290. The molecule has 140 valence electrons. The molecule has 2 aromatic rings. The van der Waals surface area contributed by atoms with Crippen LogP contribution in [0.2, 0.25) is 5.02 Å². The van der Waals surface area contributed by atoms with Crippen molar-refractivity contribution in [3.8, 4) is 11.3 Å². The van der Waals surface area contributed by atoms with E-state index in [2.05, 4.69) is 24.3 Å². The molecule has 0 saturated carbocycles. The van der Waals surface area contributed by atoms with E-state index in [1.807, 2.05) is 37.3 Å². The number of ether oxygens (including phenoxy) is 1. The number of hydrogen-bond acceptors (Lipinski definition) is 5. The van der Waals surface area contributed by atoms with Crippen LogP contribution in [0.15, 0.2) is 34.9 Å². The number of carbonyl (C=O) groups excluding carboxylic acids is 1. The van der Waals surface area contributed by atoms with Crippen molar-refractivity contribution in [3.63, 3.8) is 0 Å². The van der Waals surface area contributed by atoms with Gasteiger partial charge in [0.1, 0.15) is 0 Å². The van der Waals surface area contributed by atoms with Gasteiger partial charge in [-0.15, -0.1) is 0 Å². The molecular formula is C19H24ClN3O3. The zero-order valence-corrected chi connectivity index (χ0v) is 16.0. The quantitative estimate of drug-likeness (QED) is 0.874. The van der Waals surface area contributed by atoms with Crippen molar-refractivity contribution < 1.29 is 14.1 Å². The van der Waals surface area contributed by atoms with Crippen LogP contribution in [0.1, 0.15) is 32.4 Å². The van der Waals surface area contributed by atoms with Gasteiger partial charge in [-0.3, -0.25) is 4.90 Å². The molecule has 1 aromatic carbocycles. The SMILES string of the molecule is CCOC(=O)N1CCNC[C@@]1(C)C(C)c1cc(-c2cccc(Cl)c2)on1. The van der Waals surface area contributed by atoms with Gasteiger partial charge in [0.15, 0.2) is 5.76 Å². The number of piperazine rings is 1. The fraction of sp³-hybridized carbons (Fsp3) is 0.474. The van der Waals surface area contributed by atoms with E-state index in [0.717, 1.165) is 17.8 Å². The highest BCUT2D eigenvalue weighted by molar-refractivity contribution is 6.30. The van der Waals surface area contributed by atoms with Crippen molar-refractivity contribution in [3.05, 3.63) is 41.0 Å². The van der Waals surface area contributed by atoms with Crippen LogP contribution >= 0.6 is 11.6 Å². The molecule has 1 fully saturated rings. The summed E-state index contributed by atoms with van der Waals surface area (Å²) >= 11 is 6.06. The molecule has 1 N–H and O–H groups in total. The largest absolute Gasteiger partial charge is 0.450 e. The average Bonchev–Trinajstić information content (AvgIpc) is 3.11. The lowest BCUT2D eigenvalue weighted by Crippen LogP contribution is -2.63. The fourth-order valence-corrected chi connectivity index (χ4v) is 3.55. The number of hydrogen-bond donors (Lipinski definition) is 1. The van der Waals surface area contributed by atoms with E-state index in [4.69, 9.17) is 20.9 Å². The van der Waals surface area contributed by atoms with Crippen LogP contribution < -0.4 is 5.32 Å². The van der Waals surface area contributed by atoms with Crippen LogP contribution in [-0.4, -0.2) is 47.9 Å². The van der Waals surface area contributed by atoms with Gasteiger partial charge in [0.25, 0.3) is 0 Å². The van der Waals surface area contributed by atoms with E-state index in [9.17, 15) is 4.79 Å². The number of amides is 1. The molecule has 1 aromatic heterocycles. The molecule has 1 saturated heterocycles. The van der Waals surface area contributed by atoms with Gasteiger partial charge in [0.2, 0.25) is 0 Å². The Balaban J connectivity index is 1.87. The average molecular weight is 378 g/mol. The molecule has 1 unspecified atom stereocenters. The molecule has 0 radical (unpaired) electrons. The number of nitrogens with one attached hydrogen (secondary N) is 1. The molecule has 26 heavy (non-hydrogen) atoms. The second-order valence-electron chi connectivity index (χ2n) is 6.73. The van der Waals surface area contributed by atoms with Crippen LogP contribution in [0.25, 0.3) is 11.3 Å². The van der Waals surface area contributed by atoms with E-state index in [-0.39, 0.29) is 12.0 Å². The highest BCUT2D eigenvalue weighted by Gasteiger charge is 2.44. The highest BCUT2D eigenvalue weighted by Crippen LogP contribution is 2.36. The molecule has 1 aliphatic rings. The number of nitrogens with zero attached hydrogens (tertiary/aromatic N) is 2. The third-order valence-corrected chi connectivity index (χ3v) is 5.35. The minimum absolute atomic E-state index is 0.0450. The molecule has 0 aliphatic carbocycles. The van der Waals surface area contributed by atoms with Crippen molar-refractivity contribution in [2.45, 2.75) is 32.2 Å². The molecule has 6 nitrogen and oxygen atoms in total. The molecular weight excluding hydrogens is 354 g/mol. The van der Waals surface area contributed by atoms with Crippen LogP contribution in [0.3, 0.4) is 0 Å². The van der Waals surface area contributed by atoms with Gasteiger partial charge in [-0.05, 0) is 26.0 Å². The summed E-state index contributed by atoms with van der Waals surface area (Å²) in [5.74, 6) is 0.612. The lowest BCUT2D eigenvalue weighted by Gasteiger charge is -2.47. The van der Waals surface area contributed by atoms with Crippen molar-refractivity contribution in [1.29, 1.82) is 0 Å². The summed E-state index contributed by atoms with van der Waals surface area (Å²) in [6, 6.07) is 9.37. The fourth-order valence-electron chi connectivity index (χ4n) is 3.36. The first-order valence-electron chi connectivity index (χ1n) is 8.83. The summed E-state index contributed by atoms with van der Waals surface area (Å²) in [5, 5.41) is 8.28. The smallest absolute Gasteiger partial charge is 0.410 e. The van der Waals surface area contributed by atoms with E-state index in [1.54, 1.807) is 4.90 Å². The number of carbonyl (C=O) groups is 1. The van der Waals surface area contributed by atoms with E-state index < -0.39 is 5.54 Å². The van der Waals surface area contributed by atoms with E-state index in [0.29, 0.717) is 30.5 Å². The van der Waals surface area contributed by atoms with Crippen molar-refractivity contribution in [2.75, 3.05) is 26.2 Å². The Morgan fingerprint density at radius 2 is 2.31 bits per heavy atom. The minimum atomic E-state index is -0.465. The lowest BCUT2D eigenvalue weighted by atomic mass is 9.81. The summed E-state index contributed by atoms with van der Waals surface area (Å²) in [7, 11) is 0. The summed E-state index contributed by atoms with van der Waals surface area (Å²) in [4.78, 5) is 14.2. The van der Waals surface area contributed by atoms with Crippen LogP contribution in [0.5, 0.6) is 0 Å². The number of aromatic nitrogens is 1. The number of benzene rings is 1. The van der Waals surface area contributed by atoms with Crippen LogP contribution in [0, 0.1) is 0 Å². The standard InChI is InChI=1S/C19H24ClN3O3/c1-4-25-18(24)23-9-8-21-12-19(23,3)13(2)16-11-17(26-22-16)14-6-5-7-15(20)10-14/h5-7,10-11,13,21H,4,8-9,12H2,1-3H3/t13?,19-/m0/s1. The van der Waals surface area contributed by atoms with Crippen LogP contribution in [0.4, 0.5) is 4.79 Å². The van der Waals surface area contributed by atoms with Gasteiger partial charge in [-0.1, -0.05) is 35.8 Å². The van der Waals surface area contributed by atoms with E-state index in [1.165, 1.54) is 0 Å². The second-order valence-corrected chi connectivity index (χ2v) is 7.17. The molecule has 0 spiro atoms. The van der Waals surface area contributed by atoms with E-state index >= 15 is 0 Å². The maximum atomic E-state index is 12.4. The minimum Gasteiger partial charge on any atom is -0.450 e. The predicted molar refractivity (Wildman–Crippen MR) is 100 cm³/mol. The summed E-state index contributed by atoms with van der Waals surface area (Å²) in [5.41, 5.74) is 1.20. The first-order chi connectivity index (χ1) is 12.5. The zero-order valence-electron chi connectivity index (χ0n) is 15.3. The Hall–Kier alpha value is -2.05. The van der Waals surface area contributed by atoms with Gasteiger partial charge >= 0.3 is 6.09 Å². The Morgan fingerprint density at radius 3 is 3.04 bits per heavy atom. The van der Waals surface area contributed by atoms with Crippen molar-refractivity contribution in [1.82, 2.24) is 15.4 Å². The molecule has 1 aliphatic heterocycles.